The molecule has 0 saturated carbocycles. The van der Waals surface area contributed by atoms with Crippen LogP contribution in [0.2, 0.25) is 0 Å². The van der Waals surface area contributed by atoms with Gasteiger partial charge in [0.25, 0.3) is 0 Å². The number of likely N-dealkylation sites (tertiary alicyclic amines) is 1. The monoisotopic (exact) mass is 242 g/mol. The topological polar surface area (TPSA) is 36.4 Å². The molecular formula is C15H18N2O. The van der Waals surface area contributed by atoms with E-state index in [1.807, 2.05) is 19.2 Å². The maximum Gasteiger partial charge on any atom is 0.0897 e. The summed E-state index contributed by atoms with van der Waals surface area (Å²) >= 11 is 0. The van der Waals surface area contributed by atoms with Crippen molar-refractivity contribution in [2.45, 2.75) is 25.5 Å². The zero-order valence-electron chi connectivity index (χ0n) is 10.6. The Labute approximate surface area is 107 Å². The Hall–Kier alpha value is -1.45. The third-order valence-corrected chi connectivity index (χ3v) is 3.77. The number of β-amino-alcohol motifs (C(OH)–C–C–N with tert-alkyl or cyclic N) is 1. The van der Waals surface area contributed by atoms with Gasteiger partial charge < -0.3 is 5.11 Å². The molecule has 1 aromatic heterocycles. The molecule has 2 heterocycles. The number of aromatic nitrogens is 1. The fourth-order valence-corrected chi connectivity index (χ4v) is 2.60. The first-order valence-corrected chi connectivity index (χ1v) is 6.47. The third-order valence-electron chi connectivity index (χ3n) is 3.77. The SMILES string of the molecule is CCC1(O)CN(Cc2ccc3ncccc3c2)C1. The van der Waals surface area contributed by atoms with Crippen LogP contribution in [0.4, 0.5) is 0 Å². The van der Waals surface area contributed by atoms with Gasteiger partial charge in [-0.25, -0.2) is 0 Å². The molecule has 3 heteroatoms. The number of hydrogen-bond acceptors (Lipinski definition) is 3. The molecule has 2 aromatic rings. The zero-order valence-corrected chi connectivity index (χ0v) is 10.6. The van der Waals surface area contributed by atoms with Crippen LogP contribution in [0.15, 0.2) is 36.5 Å². The number of aliphatic hydroxyl groups is 1. The first-order valence-electron chi connectivity index (χ1n) is 6.47. The van der Waals surface area contributed by atoms with Gasteiger partial charge in [-0.05, 0) is 30.2 Å². The molecule has 1 saturated heterocycles. The van der Waals surface area contributed by atoms with E-state index in [1.165, 1.54) is 10.9 Å². The smallest absolute Gasteiger partial charge is 0.0897 e. The predicted octanol–water partition coefficient (Wildman–Crippen LogP) is 2.19. The molecule has 1 aliphatic rings. The van der Waals surface area contributed by atoms with Crippen LogP contribution < -0.4 is 0 Å². The van der Waals surface area contributed by atoms with Gasteiger partial charge >= 0.3 is 0 Å². The molecule has 0 aliphatic carbocycles. The second kappa shape index (κ2) is 4.34. The van der Waals surface area contributed by atoms with Gasteiger partial charge in [0.05, 0.1) is 11.1 Å². The number of hydrogen-bond donors (Lipinski definition) is 1. The van der Waals surface area contributed by atoms with E-state index in [-0.39, 0.29) is 0 Å². The summed E-state index contributed by atoms with van der Waals surface area (Å²) in [6.07, 6.45) is 2.66. The molecule has 1 aliphatic heterocycles. The van der Waals surface area contributed by atoms with E-state index in [9.17, 15) is 5.11 Å². The van der Waals surface area contributed by atoms with Crippen molar-refractivity contribution in [2.75, 3.05) is 13.1 Å². The average Bonchev–Trinajstić information content (AvgIpc) is 2.36. The van der Waals surface area contributed by atoms with Crippen molar-refractivity contribution in [1.29, 1.82) is 0 Å². The molecule has 1 N–H and O–H groups in total. The Balaban J connectivity index is 1.72. The number of benzene rings is 1. The lowest BCUT2D eigenvalue weighted by atomic mass is 9.91. The van der Waals surface area contributed by atoms with Gasteiger partial charge in [0.1, 0.15) is 0 Å². The van der Waals surface area contributed by atoms with Gasteiger partial charge in [-0.1, -0.05) is 19.1 Å². The summed E-state index contributed by atoms with van der Waals surface area (Å²) < 4.78 is 0. The highest BCUT2D eigenvalue weighted by molar-refractivity contribution is 5.78. The van der Waals surface area contributed by atoms with Gasteiger partial charge in [0.2, 0.25) is 0 Å². The lowest BCUT2D eigenvalue weighted by molar-refractivity contribution is -0.103. The number of fused-ring (bicyclic) bond motifs is 1. The van der Waals surface area contributed by atoms with E-state index in [0.717, 1.165) is 31.6 Å². The molecule has 3 rings (SSSR count). The van der Waals surface area contributed by atoms with E-state index >= 15 is 0 Å². The molecule has 1 fully saturated rings. The van der Waals surface area contributed by atoms with Crippen LogP contribution in [0.1, 0.15) is 18.9 Å². The van der Waals surface area contributed by atoms with Crippen LogP contribution in [-0.2, 0) is 6.54 Å². The second-order valence-corrected chi connectivity index (χ2v) is 5.25. The van der Waals surface area contributed by atoms with E-state index < -0.39 is 5.60 Å². The number of pyridine rings is 1. The quantitative estimate of drug-likeness (QED) is 0.896. The van der Waals surface area contributed by atoms with Gasteiger partial charge in [-0.15, -0.1) is 0 Å². The van der Waals surface area contributed by atoms with Crippen molar-refractivity contribution in [3.8, 4) is 0 Å². The first-order chi connectivity index (χ1) is 8.68. The van der Waals surface area contributed by atoms with Crippen molar-refractivity contribution < 1.29 is 5.11 Å². The molecule has 94 valence electrons. The van der Waals surface area contributed by atoms with E-state index in [1.54, 1.807) is 0 Å². The summed E-state index contributed by atoms with van der Waals surface area (Å²) in [5.74, 6) is 0. The summed E-state index contributed by atoms with van der Waals surface area (Å²) in [7, 11) is 0. The summed E-state index contributed by atoms with van der Waals surface area (Å²) in [4.78, 5) is 6.60. The minimum Gasteiger partial charge on any atom is -0.387 e. The fraction of sp³-hybridized carbons (Fsp3) is 0.400. The molecule has 0 atom stereocenters. The highest BCUT2D eigenvalue weighted by Crippen LogP contribution is 2.26. The van der Waals surface area contributed by atoms with Gasteiger partial charge in [0.15, 0.2) is 0 Å². The van der Waals surface area contributed by atoms with Crippen molar-refractivity contribution >= 4 is 10.9 Å². The number of nitrogens with zero attached hydrogens (tertiary/aromatic N) is 2. The van der Waals surface area contributed by atoms with Crippen LogP contribution in [0.3, 0.4) is 0 Å². The minimum absolute atomic E-state index is 0.446. The second-order valence-electron chi connectivity index (χ2n) is 5.25. The summed E-state index contributed by atoms with van der Waals surface area (Å²) in [6, 6.07) is 10.4. The highest BCUT2D eigenvalue weighted by atomic mass is 16.3. The van der Waals surface area contributed by atoms with E-state index in [2.05, 4.69) is 34.1 Å². The van der Waals surface area contributed by atoms with Crippen molar-refractivity contribution in [2.24, 2.45) is 0 Å². The van der Waals surface area contributed by atoms with Gasteiger partial charge in [-0.3, -0.25) is 9.88 Å². The molecule has 0 unspecified atom stereocenters. The lowest BCUT2D eigenvalue weighted by Gasteiger charge is -2.46. The predicted molar refractivity (Wildman–Crippen MR) is 72.3 cm³/mol. The normalized spacial score (nSPS) is 18.8. The van der Waals surface area contributed by atoms with Crippen molar-refractivity contribution in [3.63, 3.8) is 0 Å². The Morgan fingerprint density at radius 1 is 1.33 bits per heavy atom. The molecule has 1 aromatic carbocycles. The van der Waals surface area contributed by atoms with Gasteiger partial charge in [0, 0.05) is 31.2 Å². The molecular weight excluding hydrogens is 224 g/mol. The Bertz CT molecular complexity index is 561. The van der Waals surface area contributed by atoms with Crippen LogP contribution in [0.25, 0.3) is 10.9 Å². The van der Waals surface area contributed by atoms with Crippen LogP contribution in [0, 0.1) is 0 Å². The average molecular weight is 242 g/mol. The van der Waals surface area contributed by atoms with E-state index in [0.29, 0.717) is 0 Å². The lowest BCUT2D eigenvalue weighted by Crippen LogP contribution is -2.60. The summed E-state index contributed by atoms with van der Waals surface area (Å²) in [5.41, 5.74) is 1.88. The van der Waals surface area contributed by atoms with Crippen molar-refractivity contribution in [3.05, 3.63) is 42.1 Å². The van der Waals surface area contributed by atoms with Crippen LogP contribution in [0.5, 0.6) is 0 Å². The summed E-state index contributed by atoms with van der Waals surface area (Å²) in [5, 5.41) is 11.2. The van der Waals surface area contributed by atoms with Crippen LogP contribution >= 0.6 is 0 Å². The Morgan fingerprint density at radius 3 is 2.94 bits per heavy atom. The molecule has 3 nitrogen and oxygen atoms in total. The Kier molecular flexibility index (Phi) is 2.80. The molecule has 0 spiro atoms. The fourth-order valence-electron chi connectivity index (χ4n) is 2.60. The minimum atomic E-state index is -0.446. The first kappa shape index (κ1) is 11.6. The highest BCUT2D eigenvalue weighted by Gasteiger charge is 2.38. The molecule has 18 heavy (non-hydrogen) atoms. The van der Waals surface area contributed by atoms with Crippen LogP contribution in [-0.4, -0.2) is 33.7 Å². The number of rotatable bonds is 3. The van der Waals surface area contributed by atoms with Crippen molar-refractivity contribution in [1.82, 2.24) is 9.88 Å². The molecule has 0 amide bonds. The zero-order chi connectivity index (χ0) is 12.6. The third kappa shape index (κ3) is 2.11. The maximum absolute atomic E-state index is 9.99. The maximum atomic E-state index is 9.99. The summed E-state index contributed by atoms with van der Waals surface area (Å²) in [6.45, 7) is 4.52. The molecule has 0 bridgehead atoms. The van der Waals surface area contributed by atoms with Gasteiger partial charge in [-0.2, -0.15) is 0 Å². The standard InChI is InChI=1S/C15H18N2O/c1-2-15(18)10-17(11-15)9-12-5-6-14-13(8-12)4-3-7-16-14/h3-8,18H,2,9-11H2,1H3. The largest absolute Gasteiger partial charge is 0.387 e. The molecule has 0 radical (unpaired) electrons. The van der Waals surface area contributed by atoms with E-state index in [4.69, 9.17) is 0 Å². The Morgan fingerprint density at radius 2 is 2.17 bits per heavy atom.